The van der Waals surface area contributed by atoms with Crippen molar-refractivity contribution in [3.63, 3.8) is 0 Å². The van der Waals surface area contributed by atoms with Crippen LogP contribution in [0.3, 0.4) is 0 Å². The fourth-order valence-electron chi connectivity index (χ4n) is 3.69. The van der Waals surface area contributed by atoms with Gasteiger partial charge in [0.25, 0.3) is 10.2 Å². The van der Waals surface area contributed by atoms with Crippen molar-refractivity contribution in [1.29, 1.82) is 0 Å². The van der Waals surface area contributed by atoms with Crippen LogP contribution in [-0.4, -0.2) is 49.8 Å². The van der Waals surface area contributed by atoms with Crippen LogP contribution in [0.25, 0.3) is 0 Å². The SMILES string of the molecule is CCC1(CC)CCN(S(=O)(=O)N2CCC(CN)CC2)CC1. The van der Waals surface area contributed by atoms with Crippen molar-refractivity contribution in [2.75, 3.05) is 32.7 Å². The second-order valence-corrected chi connectivity index (χ2v) is 8.62. The molecule has 0 spiro atoms. The Bertz CT molecular complexity index is 416. The van der Waals surface area contributed by atoms with E-state index in [2.05, 4.69) is 13.8 Å². The van der Waals surface area contributed by atoms with E-state index in [1.54, 1.807) is 8.61 Å². The van der Waals surface area contributed by atoms with Crippen LogP contribution in [-0.2, 0) is 10.2 Å². The van der Waals surface area contributed by atoms with Crippen LogP contribution in [0, 0.1) is 11.3 Å². The summed E-state index contributed by atoms with van der Waals surface area (Å²) in [7, 11) is -3.26. The second kappa shape index (κ2) is 6.94. The van der Waals surface area contributed by atoms with Gasteiger partial charge in [-0.3, -0.25) is 0 Å². The average Bonchev–Trinajstić information content (AvgIpc) is 2.55. The molecule has 0 radical (unpaired) electrons. The molecule has 2 rings (SSSR count). The third-order valence-electron chi connectivity index (χ3n) is 5.84. The molecule has 6 heteroatoms. The highest BCUT2D eigenvalue weighted by atomic mass is 32.2. The van der Waals surface area contributed by atoms with Crippen molar-refractivity contribution in [3.8, 4) is 0 Å². The number of hydrogen-bond donors (Lipinski definition) is 1. The van der Waals surface area contributed by atoms with E-state index in [1.807, 2.05) is 0 Å². The third-order valence-corrected chi connectivity index (χ3v) is 7.88. The zero-order chi connectivity index (χ0) is 15.5. The number of nitrogens with zero attached hydrogens (tertiary/aromatic N) is 2. The van der Waals surface area contributed by atoms with Crippen molar-refractivity contribution < 1.29 is 8.42 Å². The quantitative estimate of drug-likeness (QED) is 0.841. The molecule has 2 aliphatic rings. The summed E-state index contributed by atoms with van der Waals surface area (Å²) in [5.74, 6) is 0.491. The Balaban J connectivity index is 1.96. The molecular formula is C15H31N3O2S. The monoisotopic (exact) mass is 317 g/mol. The summed E-state index contributed by atoms with van der Waals surface area (Å²) in [6.45, 7) is 7.76. The second-order valence-electron chi connectivity index (χ2n) is 6.69. The van der Waals surface area contributed by atoms with E-state index in [0.29, 0.717) is 44.1 Å². The third kappa shape index (κ3) is 3.60. The molecule has 2 N–H and O–H groups in total. The normalized spacial score (nSPS) is 26.0. The molecule has 0 atom stereocenters. The fourth-order valence-corrected chi connectivity index (χ4v) is 5.33. The summed E-state index contributed by atoms with van der Waals surface area (Å²) >= 11 is 0. The molecule has 0 aromatic rings. The molecule has 0 aromatic heterocycles. The van der Waals surface area contributed by atoms with E-state index in [1.165, 1.54) is 0 Å². The van der Waals surface area contributed by atoms with Crippen LogP contribution in [0.1, 0.15) is 52.4 Å². The van der Waals surface area contributed by atoms with Gasteiger partial charge in [-0.1, -0.05) is 26.7 Å². The van der Waals surface area contributed by atoms with Crippen molar-refractivity contribution in [3.05, 3.63) is 0 Å². The molecule has 0 saturated carbocycles. The van der Waals surface area contributed by atoms with Gasteiger partial charge in [-0.15, -0.1) is 0 Å². The molecule has 2 aliphatic heterocycles. The van der Waals surface area contributed by atoms with E-state index < -0.39 is 10.2 Å². The summed E-state index contributed by atoms with van der Waals surface area (Å²) in [5.41, 5.74) is 6.04. The van der Waals surface area contributed by atoms with E-state index in [4.69, 9.17) is 5.73 Å². The number of rotatable bonds is 5. The summed E-state index contributed by atoms with van der Waals surface area (Å²) in [4.78, 5) is 0. The number of nitrogens with two attached hydrogens (primary N) is 1. The Morgan fingerprint density at radius 2 is 1.48 bits per heavy atom. The first-order valence-corrected chi connectivity index (χ1v) is 9.82. The number of piperidine rings is 2. The van der Waals surface area contributed by atoms with Crippen LogP contribution in [0.15, 0.2) is 0 Å². The molecule has 21 heavy (non-hydrogen) atoms. The standard InChI is InChI=1S/C15H31N3O2S/c1-3-15(4-2)7-11-18(12-8-15)21(19,20)17-9-5-14(13-16)6-10-17/h14H,3-13,16H2,1-2H3. The maximum Gasteiger partial charge on any atom is 0.281 e. The lowest BCUT2D eigenvalue weighted by Crippen LogP contribution is -2.51. The Morgan fingerprint density at radius 3 is 1.90 bits per heavy atom. The van der Waals surface area contributed by atoms with E-state index >= 15 is 0 Å². The smallest absolute Gasteiger partial charge is 0.281 e. The van der Waals surface area contributed by atoms with Crippen LogP contribution >= 0.6 is 0 Å². The zero-order valence-corrected chi connectivity index (χ0v) is 14.4. The van der Waals surface area contributed by atoms with Gasteiger partial charge < -0.3 is 5.73 Å². The zero-order valence-electron chi connectivity index (χ0n) is 13.6. The molecule has 0 aliphatic carbocycles. The molecule has 2 heterocycles. The lowest BCUT2D eigenvalue weighted by atomic mass is 9.75. The molecule has 2 saturated heterocycles. The fraction of sp³-hybridized carbons (Fsp3) is 1.00. The molecule has 0 amide bonds. The van der Waals surface area contributed by atoms with Crippen molar-refractivity contribution >= 4 is 10.2 Å². The number of hydrogen-bond acceptors (Lipinski definition) is 3. The highest BCUT2D eigenvalue weighted by molar-refractivity contribution is 7.86. The largest absolute Gasteiger partial charge is 0.330 e. The lowest BCUT2D eigenvalue weighted by Gasteiger charge is -2.42. The first-order valence-electron chi connectivity index (χ1n) is 8.42. The molecule has 0 unspecified atom stereocenters. The van der Waals surface area contributed by atoms with Crippen molar-refractivity contribution in [1.82, 2.24) is 8.61 Å². The van der Waals surface area contributed by atoms with Gasteiger partial charge in [0.15, 0.2) is 0 Å². The molecule has 2 fully saturated rings. The topological polar surface area (TPSA) is 66.6 Å². The maximum absolute atomic E-state index is 12.7. The predicted molar refractivity (Wildman–Crippen MR) is 86.1 cm³/mol. The minimum atomic E-state index is -3.26. The van der Waals surface area contributed by atoms with Gasteiger partial charge in [-0.2, -0.15) is 17.0 Å². The molecule has 0 aromatic carbocycles. The Kier molecular flexibility index (Phi) is 5.68. The van der Waals surface area contributed by atoms with Gasteiger partial charge >= 0.3 is 0 Å². The van der Waals surface area contributed by atoms with Gasteiger partial charge in [0.05, 0.1) is 0 Å². The van der Waals surface area contributed by atoms with Crippen LogP contribution in [0.2, 0.25) is 0 Å². The van der Waals surface area contributed by atoms with Crippen molar-refractivity contribution in [2.24, 2.45) is 17.1 Å². The predicted octanol–water partition coefficient (Wildman–Crippen LogP) is 1.80. The minimum Gasteiger partial charge on any atom is -0.330 e. The van der Waals surface area contributed by atoms with Gasteiger partial charge in [0.2, 0.25) is 0 Å². The van der Waals surface area contributed by atoms with Crippen molar-refractivity contribution in [2.45, 2.75) is 52.4 Å². The summed E-state index contributed by atoms with van der Waals surface area (Å²) in [5, 5.41) is 0. The molecular weight excluding hydrogens is 286 g/mol. The van der Waals surface area contributed by atoms with Crippen LogP contribution < -0.4 is 5.73 Å². The van der Waals surface area contributed by atoms with Gasteiger partial charge in [-0.25, -0.2) is 0 Å². The molecule has 0 bridgehead atoms. The minimum absolute atomic E-state index is 0.360. The van der Waals surface area contributed by atoms with Crippen LogP contribution in [0.5, 0.6) is 0 Å². The Labute approximate surface area is 130 Å². The summed E-state index contributed by atoms with van der Waals surface area (Å²) in [6.07, 6.45) is 6.10. The molecule has 5 nitrogen and oxygen atoms in total. The average molecular weight is 317 g/mol. The van der Waals surface area contributed by atoms with E-state index in [0.717, 1.165) is 38.5 Å². The Hall–Kier alpha value is -0.170. The van der Waals surface area contributed by atoms with E-state index in [9.17, 15) is 8.42 Å². The van der Waals surface area contributed by atoms with E-state index in [-0.39, 0.29) is 0 Å². The summed E-state index contributed by atoms with van der Waals surface area (Å²) < 4.78 is 28.9. The van der Waals surface area contributed by atoms with Gasteiger partial charge in [0, 0.05) is 26.2 Å². The first-order chi connectivity index (χ1) is 9.97. The van der Waals surface area contributed by atoms with Gasteiger partial charge in [-0.05, 0) is 43.6 Å². The highest BCUT2D eigenvalue weighted by Gasteiger charge is 2.38. The lowest BCUT2D eigenvalue weighted by molar-refractivity contribution is 0.134. The molecule has 124 valence electrons. The van der Waals surface area contributed by atoms with Crippen LogP contribution in [0.4, 0.5) is 0 Å². The first kappa shape index (κ1) is 17.2. The Morgan fingerprint density at radius 1 is 1.00 bits per heavy atom. The van der Waals surface area contributed by atoms with Gasteiger partial charge in [0.1, 0.15) is 0 Å². The maximum atomic E-state index is 12.7. The highest BCUT2D eigenvalue weighted by Crippen LogP contribution is 2.39. The summed E-state index contributed by atoms with van der Waals surface area (Å²) in [6, 6.07) is 0.